The largest absolute Gasteiger partial charge is 0.388 e. The van der Waals surface area contributed by atoms with E-state index in [1.165, 1.54) is 12.8 Å². The lowest BCUT2D eigenvalue weighted by Crippen LogP contribution is -1.97. The van der Waals surface area contributed by atoms with E-state index in [-0.39, 0.29) is 6.10 Å². The molecule has 1 fully saturated rings. The normalized spacial score (nSPS) is 18.6. The molecule has 70 valence electrons. The van der Waals surface area contributed by atoms with Gasteiger partial charge in [-0.15, -0.1) is 0 Å². The van der Waals surface area contributed by atoms with Gasteiger partial charge in [0.2, 0.25) is 0 Å². The molecule has 0 amide bonds. The van der Waals surface area contributed by atoms with Crippen LogP contribution >= 0.6 is 15.9 Å². The lowest BCUT2D eigenvalue weighted by Gasteiger charge is -2.09. The third kappa shape index (κ3) is 2.55. The molecule has 0 aliphatic heterocycles. The van der Waals surface area contributed by atoms with Crippen LogP contribution in [0.1, 0.15) is 30.9 Å². The fraction of sp³-hybridized carbons (Fsp3) is 0.455. The van der Waals surface area contributed by atoms with Crippen molar-refractivity contribution in [1.29, 1.82) is 0 Å². The van der Waals surface area contributed by atoms with Gasteiger partial charge in [-0.1, -0.05) is 40.9 Å². The SMILES string of the molecule is O[C@@H](CC1CC1)c1ccc(Br)cc1. The van der Waals surface area contributed by atoms with Gasteiger partial charge in [0.25, 0.3) is 0 Å². The van der Waals surface area contributed by atoms with Gasteiger partial charge in [0.15, 0.2) is 0 Å². The van der Waals surface area contributed by atoms with Crippen LogP contribution in [0.3, 0.4) is 0 Å². The summed E-state index contributed by atoms with van der Waals surface area (Å²) in [7, 11) is 0. The molecule has 0 aromatic heterocycles. The molecule has 1 aromatic carbocycles. The first-order chi connectivity index (χ1) is 6.25. The van der Waals surface area contributed by atoms with Crippen LogP contribution < -0.4 is 0 Å². The predicted octanol–water partition coefficient (Wildman–Crippen LogP) is 3.28. The van der Waals surface area contributed by atoms with Crippen LogP contribution in [0.5, 0.6) is 0 Å². The van der Waals surface area contributed by atoms with Gasteiger partial charge in [0.05, 0.1) is 6.10 Å². The molecule has 0 heterocycles. The second-order valence-corrected chi connectivity index (χ2v) is 4.66. The van der Waals surface area contributed by atoms with Crippen molar-refractivity contribution in [2.45, 2.75) is 25.4 Å². The summed E-state index contributed by atoms with van der Waals surface area (Å²) in [5.41, 5.74) is 1.04. The van der Waals surface area contributed by atoms with Crippen molar-refractivity contribution in [2.24, 2.45) is 5.92 Å². The molecule has 1 aromatic rings. The van der Waals surface area contributed by atoms with Crippen LogP contribution in [0.4, 0.5) is 0 Å². The average molecular weight is 241 g/mol. The fourth-order valence-corrected chi connectivity index (χ4v) is 1.75. The molecule has 2 rings (SSSR count). The maximum Gasteiger partial charge on any atom is 0.0792 e. The summed E-state index contributed by atoms with van der Waals surface area (Å²) < 4.78 is 1.06. The van der Waals surface area contributed by atoms with E-state index in [0.717, 1.165) is 22.4 Å². The highest BCUT2D eigenvalue weighted by Crippen LogP contribution is 2.37. The van der Waals surface area contributed by atoms with Gasteiger partial charge in [0, 0.05) is 4.47 Å². The molecule has 0 radical (unpaired) electrons. The Morgan fingerprint density at radius 1 is 1.31 bits per heavy atom. The third-order valence-corrected chi connectivity index (χ3v) is 3.04. The Hall–Kier alpha value is -0.340. The van der Waals surface area contributed by atoms with E-state index in [2.05, 4.69) is 15.9 Å². The van der Waals surface area contributed by atoms with Gasteiger partial charge >= 0.3 is 0 Å². The van der Waals surface area contributed by atoms with Crippen LogP contribution in [0.15, 0.2) is 28.7 Å². The summed E-state index contributed by atoms with van der Waals surface area (Å²) in [5.74, 6) is 0.777. The first-order valence-corrected chi connectivity index (χ1v) is 5.48. The molecule has 0 unspecified atom stereocenters. The zero-order valence-electron chi connectivity index (χ0n) is 7.41. The fourth-order valence-electron chi connectivity index (χ4n) is 1.49. The Balaban J connectivity index is 2.01. The van der Waals surface area contributed by atoms with Crippen LogP contribution in [-0.2, 0) is 0 Å². The van der Waals surface area contributed by atoms with Gasteiger partial charge in [-0.25, -0.2) is 0 Å². The Kier molecular flexibility index (Phi) is 2.70. The molecule has 1 aliphatic rings. The van der Waals surface area contributed by atoms with Crippen molar-refractivity contribution in [3.63, 3.8) is 0 Å². The van der Waals surface area contributed by atoms with Crippen molar-refractivity contribution in [3.05, 3.63) is 34.3 Å². The van der Waals surface area contributed by atoms with E-state index in [1.54, 1.807) is 0 Å². The summed E-state index contributed by atoms with van der Waals surface area (Å²) >= 11 is 3.38. The number of aliphatic hydroxyl groups is 1. The molecule has 13 heavy (non-hydrogen) atoms. The standard InChI is InChI=1S/C11H13BrO/c12-10-5-3-9(4-6-10)11(13)7-8-1-2-8/h3-6,8,11,13H,1-2,7H2/t11-/m0/s1. The number of rotatable bonds is 3. The molecular weight excluding hydrogens is 228 g/mol. The Morgan fingerprint density at radius 2 is 1.92 bits per heavy atom. The summed E-state index contributed by atoms with van der Waals surface area (Å²) in [4.78, 5) is 0. The summed E-state index contributed by atoms with van der Waals surface area (Å²) in [5, 5.41) is 9.81. The monoisotopic (exact) mass is 240 g/mol. The summed E-state index contributed by atoms with van der Waals surface area (Å²) in [6, 6.07) is 7.92. The Bertz CT molecular complexity index is 277. The zero-order chi connectivity index (χ0) is 9.26. The molecule has 0 saturated heterocycles. The van der Waals surface area contributed by atoms with E-state index >= 15 is 0 Å². The molecule has 0 bridgehead atoms. The van der Waals surface area contributed by atoms with Crippen molar-refractivity contribution in [3.8, 4) is 0 Å². The lowest BCUT2D eigenvalue weighted by atomic mass is 10.0. The first kappa shape index (κ1) is 9.22. The highest BCUT2D eigenvalue weighted by molar-refractivity contribution is 9.10. The van der Waals surface area contributed by atoms with Crippen molar-refractivity contribution >= 4 is 15.9 Å². The minimum atomic E-state index is -0.263. The topological polar surface area (TPSA) is 20.2 Å². The van der Waals surface area contributed by atoms with Crippen LogP contribution in [0.25, 0.3) is 0 Å². The van der Waals surface area contributed by atoms with Gasteiger partial charge < -0.3 is 5.11 Å². The Morgan fingerprint density at radius 3 is 2.46 bits per heavy atom. The number of halogens is 1. The number of hydrogen-bond donors (Lipinski definition) is 1. The second kappa shape index (κ2) is 3.81. The number of benzene rings is 1. The summed E-state index contributed by atoms with van der Waals surface area (Å²) in [6.07, 6.45) is 3.27. The van der Waals surface area contributed by atoms with E-state index in [4.69, 9.17) is 0 Å². The zero-order valence-corrected chi connectivity index (χ0v) is 9.00. The first-order valence-electron chi connectivity index (χ1n) is 4.69. The van der Waals surface area contributed by atoms with E-state index in [0.29, 0.717) is 0 Å². The molecule has 1 atom stereocenters. The van der Waals surface area contributed by atoms with E-state index in [1.807, 2.05) is 24.3 Å². The molecule has 2 heteroatoms. The van der Waals surface area contributed by atoms with Gasteiger partial charge in [0.1, 0.15) is 0 Å². The van der Waals surface area contributed by atoms with Crippen LogP contribution in [0.2, 0.25) is 0 Å². The van der Waals surface area contributed by atoms with Crippen molar-refractivity contribution < 1.29 is 5.11 Å². The molecule has 1 aliphatic carbocycles. The van der Waals surface area contributed by atoms with Gasteiger partial charge in [-0.05, 0) is 30.0 Å². The smallest absolute Gasteiger partial charge is 0.0792 e. The molecular formula is C11H13BrO. The van der Waals surface area contributed by atoms with E-state index < -0.39 is 0 Å². The average Bonchev–Trinajstić information content (AvgIpc) is 2.89. The second-order valence-electron chi connectivity index (χ2n) is 3.75. The predicted molar refractivity (Wildman–Crippen MR) is 56.4 cm³/mol. The van der Waals surface area contributed by atoms with Crippen LogP contribution in [-0.4, -0.2) is 5.11 Å². The number of hydrogen-bond acceptors (Lipinski definition) is 1. The van der Waals surface area contributed by atoms with Crippen molar-refractivity contribution in [1.82, 2.24) is 0 Å². The summed E-state index contributed by atoms with van der Waals surface area (Å²) in [6.45, 7) is 0. The lowest BCUT2D eigenvalue weighted by molar-refractivity contribution is 0.160. The molecule has 1 saturated carbocycles. The highest BCUT2D eigenvalue weighted by atomic mass is 79.9. The quantitative estimate of drug-likeness (QED) is 0.860. The van der Waals surface area contributed by atoms with Crippen LogP contribution in [0, 0.1) is 5.92 Å². The molecule has 1 N–H and O–H groups in total. The third-order valence-electron chi connectivity index (χ3n) is 2.51. The van der Waals surface area contributed by atoms with Gasteiger partial charge in [-0.3, -0.25) is 0 Å². The van der Waals surface area contributed by atoms with Gasteiger partial charge in [-0.2, -0.15) is 0 Å². The molecule has 0 spiro atoms. The maximum absolute atomic E-state index is 9.81. The number of aliphatic hydroxyl groups excluding tert-OH is 1. The molecule has 1 nitrogen and oxygen atoms in total. The maximum atomic E-state index is 9.81. The van der Waals surface area contributed by atoms with E-state index in [9.17, 15) is 5.11 Å². The Labute approximate surface area is 86.9 Å². The minimum Gasteiger partial charge on any atom is -0.388 e. The highest BCUT2D eigenvalue weighted by Gasteiger charge is 2.24. The van der Waals surface area contributed by atoms with Crippen molar-refractivity contribution in [2.75, 3.05) is 0 Å². The minimum absolute atomic E-state index is 0.263.